The molecular weight excluding hydrogens is 476 g/mol. The van der Waals surface area contributed by atoms with Gasteiger partial charge in [-0.2, -0.15) is 0 Å². The minimum Gasteiger partial charge on any atom is -0.505 e. The van der Waals surface area contributed by atoms with Gasteiger partial charge >= 0.3 is 5.97 Å². The van der Waals surface area contributed by atoms with Gasteiger partial charge in [0.2, 0.25) is 0 Å². The average Bonchev–Trinajstić information content (AvgIpc) is 2.91. The number of benzene rings is 2. The Morgan fingerprint density at radius 3 is 2.22 bits per heavy atom. The van der Waals surface area contributed by atoms with Crippen molar-refractivity contribution in [3.05, 3.63) is 101 Å². The van der Waals surface area contributed by atoms with Crippen molar-refractivity contribution in [3.8, 4) is 28.1 Å². The first-order valence-corrected chi connectivity index (χ1v) is 12.2. The van der Waals surface area contributed by atoms with Gasteiger partial charge in [0, 0.05) is 28.9 Å². The molecule has 0 unspecified atom stereocenters. The Hall–Kier alpha value is -4.50. The molecule has 0 radical (unpaired) electrons. The SMILES string of the molecule is CSc1ncc(-c2nc(C(=O)O)c(O)c3cc(-c4ccccc4)c(=O)n(Cc4ccccc4)c23)cn1. The predicted octanol–water partition coefficient (Wildman–Crippen LogP) is 4.69. The van der Waals surface area contributed by atoms with Gasteiger partial charge < -0.3 is 14.8 Å². The highest BCUT2D eigenvalue weighted by atomic mass is 32.2. The molecule has 3 heterocycles. The largest absolute Gasteiger partial charge is 0.505 e. The van der Waals surface area contributed by atoms with Crippen molar-refractivity contribution in [2.24, 2.45) is 0 Å². The van der Waals surface area contributed by atoms with E-state index in [9.17, 15) is 19.8 Å². The lowest BCUT2D eigenvalue weighted by molar-refractivity contribution is 0.0687. The van der Waals surface area contributed by atoms with E-state index in [-0.39, 0.29) is 23.2 Å². The molecule has 0 atom stereocenters. The summed E-state index contributed by atoms with van der Waals surface area (Å²) in [6.07, 6.45) is 4.91. The second-order valence-corrected chi connectivity index (χ2v) is 8.76. The molecule has 0 fully saturated rings. The minimum absolute atomic E-state index is 0.182. The van der Waals surface area contributed by atoms with Gasteiger partial charge in [-0.3, -0.25) is 4.79 Å². The summed E-state index contributed by atoms with van der Waals surface area (Å²) in [4.78, 5) is 38.8. The van der Waals surface area contributed by atoms with Crippen molar-refractivity contribution in [1.82, 2.24) is 19.5 Å². The first kappa shape index (κ1) is 23.3. The second kappa shape index (κ2) is 9.63. The Labute approximate surface area is 210 Å². The third-order valence-electron chi connectivity index (χ3n) is 5.77. The van der Waals surface area contributed by atoms with E-state index in [0.29, 0.717) is 27.4 Å². The Morgan fingerprint density at radius 1 is 0.972 bits per heavy atom. The van der Waals surface area contributed by atoms with E-state index in [1.54, 1.807) is 12.1 Å². The summed E-state index contributed by atoms with van der Waals surface area (Å²) in [5, 5.41) is 21.6. The number of thioether (sulfide) groups is 1. The number of carboxylic acids is 1. The molecule has 0 aliphatic heterocycles. The Morgan fingerprint density at radius 2 is 1.61 bits per heavy atom. The zero-order chi connectivity index (χ0) is 25.2. The number of carbonyl (C=O) groups is 1. The molecule has 36 heavy (non-hydrogen) atoms. The molecule has 0 saturated carbocycles. The van der Waals surface area contributed by atoms with E-state index in [1.807, 2.05) is 54.8 Å². The van der Waals surface area contributed by atoms with Crippen LogP contribution in [0.15, 0.2) is 89.1 Å². The highest BCUT2D eigenvalue weighted by molar-refractivity contribution is 7.98. The summed E-state index contributed by atoms with van der Waals surface area (Å²) in [6, 6.07) is 20.0. The third-order valence-corrected chi connectivity index (χ3v) is 6.35. The molecule has 0 bridgehead atoms. The summed E-state index contributed by atoms with van der Waals surface area (Å²) in [5.74, 6) is -1.90. The van der Waals surface area contributed by atoms with Crippen LogP contribution in [0.1, 0.15) is 16.1 Å². The summed E-state index contributed by atoms with van der Waals surface area (Å²) < 4.78 is 1.52. The monoisotopic (exact) mass is 496 g/mol. The molecule has 2 N–H and O–H groups in total. The first-order valence-electron chi connectivity index (χ1n) is 11.0. The Balaban J connectivity index is 1.92. The van der Waals surface area contributed by atoms with Crippen LogP contribution >= 0.6 is 11.8 Å². The van der Waals surface area contributed by atoms with Gasteiger partial charge in [-0.15, -0.1) is 0 Å². The van der Waals surface area contributed by atoms with E-state index in [1.165, 1.54) is 34.8 Å². The number of nitrogens with zero attached hydrogens (tertiary/aromatic N) is 4. The summed E-state index contributed by atoms with van der Waals surface area (Å²) in [7, 11) is 0. The van der Waals surface area contributed by atoms with Gasteiger partial charge in [0.25, 0.3) is 5.56 Å². The molecule has 2 aromatic carbocycles. The van der Waals surface area contributed by atoms with Crippen LogP contribution in [0.5, 0.6) is 5.75 Å². The smallest absolute Gasteiger partial charge is 0.358 e. The molecule has 0 amide bonds. The van der Waals surface area contributed by atoms with Crippen molar-refractivity contribution in [2.75, 3.05) is 6.26 Å². The molecular formula is C27H20N4O4S. The number of hydrogen-bond donors (Lipinski definition) is 2. The van der Waals surface area contributed by atoms with E-state index >= 15 is 0 Å². The lowest BCUT2D eigenvalue weighted by atomic mass is 10.0. The molecule has 0 spiro atoms. The van der Waals surface area contributed by atoms with Gasteiger partial charge in [0.05, 0.1) is 17.8 Å². The molecule has 0 saturated heterocycles. The maximum atomic E-state index is 13.9. The highest BCUT2D eigenvalue weighted by Gasteiger charge is 2.24. The van der Waals surface area contributed by atoms with Crippen LogP contribution in [0.4, 0.5) is 0 Å². The van der Waals surface area contributed by atoms with Crippen molar-refractivity contribution < 1.29 is 15.0 Å². The third kappa shape index (κ3) is 4.20. The van der Waals surface area contributed by atoms with Gasteiger partial charge in [0.15, 0.2) is 16.6 Å². The van der Waals surface area contributed by atoms with Crippen LogP contribution in [-0.4, -0.2) is 42.0 Å². The number of rotatable bonds is 6. The standard InChI is InChI=1S/C27H20N4O4S/c1-36-27-28-13-18(14-29-27)21-23-20(24(32)22(30-21)26(34)35)12-19(17-10-6-3-7-11-17)25(33)31(23)15-16-8-4-2-5-9-16/h2-14,32H,15H2,1H3,(H,34,35). The number of aromatic carboxylic acids is 1. The van der Waals surface area contributed by atoms with Crippen molar-refractivity contribution >= 4 is 28.6 Å². The van der Waals surface area contributed by atoms with Gasteiger partial charge in [-0.25, -0.2) is 19.7 Å². The number of fused-ring (bicyclic) bond motifs is 1. The second-order valence-electron chi connectivity index (χ2n) is 7.98. The summed E-state index contributed by atoms with van der Waals surface area (Å²) in [5.41, 5.74) is 1.93. The molecule has 0 aliphatic carbocycles. The highest BCUT2D eigenvalue weighted by Crippen LogP contribution is 2.36. The van der Waals surface area contributed by atoms with Gasteiger partial charge in [-0.1, -0.05) is 72.4 Å². The molecule has 178 valence electrons. The van der Waals surface area contributed by atoms with Crippen LogP contribution in [0.25, 0.3) is 33.3 Å². The molecule has 5 aromatic rings. The normalized spacial score (nSPS) is 11.0. The number of pyridine rings is 2. The summed E-state index contributed by atoms with van der Waals surface area (Å²) >= 11 is 1.36. The Kier molecular flexibility index (Phi) is 6.22. The molecule has 0 aliphatic rings. The van der Waals surface area contributed by atoms with E-state index < -0.39 is 17.4 Å². The molecule has 8 nitrogen and oxygen atoms in total. The quantitative estimate of drug-likeness (QED) is 0.257. The fourth-order valence-electron chi connectivity index (χ4n) is 4.08. The zero-order valence-electron chi connectivity index (χ0n) is 19.1. The predicted molar refractivity (Wildman–Crippen MR) is 138 cm³/mol. The maximum Gasteiger partial charge on any atom is 0.358 e. The van der Waals surface area contributed by atoms with Crippen molar-refractivity contribution in [2.45, 2.75) is 11.7 Å². The van der Waals surface area contributed by atoms with Gasteiger partial charge in [0.1, 0.15) is 0 Å². The summed E-state index contributed by atoms with van der Waals surface area (Å²) in [6.45, 7) is 0.182. The fourth-order valence-corrected chi connectivity index (χ4v) is 4.40. The van der Waals surface area contributed by atoms with Crippen LogP contribution in [0.3, 0.4) is 0 Å². The van der Waals surface area contributed by atoms with Crippen molar-refractivity contribution in [3.63, 3.8) is 0 Å². The molecule has 9 heteroatoms. The zero-order valence-corrected chi connectivity index (χ0v) is 19.9. The van der Waals surface area contributed by atoms with Crippen LogP contribution < -0.4 is 5.56 Å². The number of aromatic nitrogens is 4. The number of carboxylic acid groups (broad SMARTS) is 1. The minimum atomic E-state index is -1.39. The topological polar surface area (TPSA) is 118 Å². The fraction of sp³-hybridized carbons (Fsp3) is 0.0741. The number of aromatic hydroxyl groups is 1. The molecule has 3 aromatic heterocycles. The lowest BCUT2D eigenvalue weighted by Gasteiger charge is -2.18. The average molecular weight is 497 g/mol. The van der Waals surface area contributed by atoms with Crippen molar-refractivity contribution in [1.29, 1.82) is 0 Å². The van der Waals surface area contributed by atoms with Crippen LogP contribution in [0, 0.1) is 0 Å². The Bertz CT molecular complexity index is 1640. The van der Waals surface area contributed by atoms with Gasteiger partial charge in [-0.05, 0) is 23.4 Å². The van der Waals surface area contributed by atoms with E-state index in [0.717, 1.165) is 5.56 Å². The lowest BCUT2D eigenvalue weighted by Crippen LogP contribution is -2.24. The number of hydrogen-bond acceptors (Lipinski definition) is 7. The van der Waals surface area contributed by atoms with Crippen LogP contribution in [-0.2, 0) is 6.54 Å². The van der Waals surface area contributed by atoms with Crippen LogP contribution in [0.2, 0.25) is 0 Å². The maximum absolute atomic E-state index is 13.9. The van der Waals surface area contributed by atoms with E-state index in [4.69, 9.17) is 0 Å². The molecule has 5 rings (SSSR count). The van der Waals surface area contributed by atoms with E-state index in [2.05, 4.69) is 15.0 Å². The first-order chi connectivity index (χ1) is 17.5.